The van der Waals surface area contributed by atoms with Crippen molar-refractivity contribution in [2.45, 2.75) is 0 Å². The van der Waals surface area contributed by atoms with Crippen LogP contribution in [0.2, 0.25) is 1.41 Å². The van der Waals surface area contributed by atoms with Crippen molar-refractivity contribution in [3.8, 4) is 0 Å². The molecule has 0 aliphatic rings. The highest BCUT2D eigenvalue weighted by atomic mass is 127. The van der Waals surface area contributed by atoms with Crippen LogP contribution in [0.4, 0.5) is 0 Å². The van der Waals surface area contributed by atoms with E-state index in [1.807, 2.05) is 0 Å². The molecule has 0 aliphatic heterocycles. The van der Waals surface area contributed by atoms with Gasteiger partial charge >= 0.3 is 0 Å². The summed E-state index contributed by atoms with van der Waals surface area (Å²) >= 11 is 1.72. The molecule has 0 aromatic carbocycles. The molecule has 0 saturated carbocycles. The molecule has 0 heterocycles. The Labute approximate surface area is 148 Å². The Hall–Kier alpha value is 1.79. The van der Waals surface area contributed by atoms with Crippen LogP contribution in [0.5, 0.6) is 0 Å². The summed E-state index contributed by atoms with van der Waals surface area (Å²) in [7, 11) is 51.5. The minimum Gasteiger partial charge on any atom is -0.687 e. The smallest absolute Gasteiger partial charge is 0.129 e. The van der Waals surface area contributed by atoms with E-state index in [-0.39, 0.29) is 0 Å². The fourth-order valence-electron chi connectivity index (χ4n) is 2.07. The van der Waals surface area contributed by atoms with E-state index in [1.165, 1.54) is 0 Å². The van der Waals surface area contributed by atoms with Gasteiger partial charge in [0, 0.05) is 101 Å². The monoisotopic (exact) mass is 331 g/mol. The van der Waals surface area contributed by atoms with Crippen molar-refractivity contribution in [1.82, 2.24) is 3.43 Å². The first kappa shape index (κ1) is 18.8. The molecule has 0 rings (SSSR count). The minimum absolute atomic E-state index is 0.668. The van der Waals surface area contributed by atoms with Gasteiger partial charge in [-0.2, -0.15) is 0 Å². The van der Waals surface area contributed by atoms with Gasteiger partial charge in [0.25, 0.3) is 0 Å². The zero-order valence-electron chi connectivity index (χ0n) is 11.6. The Bertz CT molecular complexity index is 256. The molecule has 19 radical (unpaired) electrons. The van der Waals surface area contributed by atoms with E-state index in [0.717, 1.165) is 3.43 Å². The van der Waals surface area contributed by atoms with Gasteiger partial charge in [-0.15, -0.1) is 0 Å². The second-order valence-corrected chi connectivity index (χ2v) is 5.19. The predicted molar refractivity (Wildman–Crippen MR) is 115 cm³/mol. The number of hydrogen-bond donors (Lipinski definition) is 1. The lowest BCUT2D eigenvalue weighted by atomic mass is 8.47. The standard InChI is InChI=1S/B17HIN/c1-10(2)14(9)16(13(7)8)17(19-18)15(11(3)4)12(5)6/h19H/q-1/i/hT. The Morgan fingerprint density at radius 1 is 0.842 bits per heavy atom. The van der Waals surface area contributed by atoms with Crippen molar-refractivity contribution in [2.24, 2.45) is 0 Å². The molecule has 0 unspecified atom stereocenters. The summed E-state index contributed by atoms with van der Waals surface area (Å²) in [5, 5.41) is 0. The van der Waals surface area contributed by atoms with Crippen molar-refractivity contribution in [2.75, 3.05) is 0 Å². The fraction of sp³-hybridized carbons (Fsp3) is 0. The normalized spacial score (nSPS) is 10.4. The quantitative estimate of drug-likeness (QED) is 0.266. The fourth-order valence-corrected chi connectivity index (χ4v) is 2.81. The Morgan fingerprint density at radius 2 is 1.21 bits per heavy atom. The van der Waals surface area contributed by atoms with Gasteiger partial charge in [0.05, 0.1) is 0 Å². The van der Waals surface area contributed by atoms with Crippen molar-refractivity contribution in [3.63, 3.8) is 0 Å². The molecule has 0 aliphatic carbocycles. The molecule has 0 bridgehead atoms. The van der Waals surface area contributed by atoms with E-state index in [0.29, 0.717) is 0 Å². The predicted octanol–water partition coefficient (Wildman–Crippen LogP) is -6.08. The van der Waals surface area contributed by atoms with Crippen LogP contribution in [0.15, 0.2) is 0 Å². The SMILES string of the molecule is [3H]N(I)B(B(B([B])[B])B([B])[B])B(B([B])[B])B([B])B([B])[B-]. The first-order chi connectivity index (χ1) is 9.02. The average molecular weight is 328 g/mol. The lowest BCUT2D eigenvalue weighted by Crippen LogP contribution is -2.78. The second-order valence-electron chi connectivity index (χ2n) is 4.63. The second kappa shape index (κ2) is 9.74. The number of halogens is 1. The molecule has 19 heavy (non-hydrogen) atoms. The summed E-state index contributed by atoms with van der Waals surface area (Å²) in [5.41, 5.74) is 0. The summed E-state index contributed by atoms with van der Waals surface area (Å²) in [4.78, 5) is 0. The molecule has 19 heteroatoms. The van der Waals surface area contributed by atoms with Gasteiger partial charge in [-0.3, -0.25) is 0 Å². The van der Waals surface area contributed by atoms with E-state index in [1.54, 1.807) is 22.9 Å². The van der Waals surface area contributed by atoms with Crippen LogP contribution in [0, 0.1) is 0 Å². The number of rotatable bonds is 8. The molecule has 0 saturated heterocycles. The molecule has 65 valence electrons. The van der Waals surface area contributed by atoms with E-state index >= 15 is 0 Å². The van der Waals surface area contributed by atoms with Crippen LogP contribution >= 0.6 is 22.9 Å². The minimum atomic E-state index is -0.896. The van der Waals surface area contributed by atoms with Crippen molar-refractivity contribution < 1.29 is 1.41 Å². The highest BCUT2D eigenvalue weighted by Crippen LogP contribution is 2.03. The molecule has 0 spiro atoms. The first-order valence-electron chi connectivity index (χ1n) is 6.21. The van der Waals surface area contributed by atoms with E-state index in [2.05, 4.69) is 0 Å². The van der Waals surface area contributed by atoms with Crippen LogP contribution in [0.1, 0.15) is 0 Å². The summed E-state index contributed by atoms with van der Waals surface area (Å²) in [5.74, 6) is 0. The van der Waals surface area contributed by atoms with Crippen LogP contribution in [0.3, 0.4) is 0 Å². The zero-order chi connectivity index (χ0) is 16.2. The lowest BCUT2D eigenvalue weighted by Gasteiger charge is -2.41. The topological polar surface area (TPSA) is 12.0 Å². The van der Waals surface area contributed by atoms with Gasteiger partial charge in [-0.1, -0.05) is 0 Å². The molecule has 0 aromatic rings. The van der Waals surface area contributed by atoms with Crippen LogP contribution in [0.25, 0.3) is 0 Å². The molecule has 0 amide bonds. The van der Waals surface area contributed by atoms with Gasteiger partial charge < -0.3 is 11.2 Å². The third kappa shape index (κ3) is 6.20. The van der Waals surface area contributed by atoms with E-state index < -0.39 is 51.3 Å². The summed E-state index contributed by atoms with van der Waals surface area (Å²) in [6.45, 7) is -0.708. The average Bonchev–Trinajstić information content (AvgIpc) is 2.25. The van der Waals surface area contributed by atoms with Crippen molar-refractivity contribution in [3.05, 3.63) is 0 Å². The van der Waals surface area contributed by atoms with Crippen molar-refractivity contribution >= 4 is 144 Å². The van der Waals surface area contributed by atoms with Crippen LogP contribution in [-0.4, -0.2) is 121 Å². The Morgan fingerprint density at radius 3 is 1.42 bits per heavy atom. The van der Waals surface area contributed by atoms with Gasteiger partial charge in [0.1, 0.15) is 8.04 Å². The van der Waals surface area contributed by atoms with E-state index in [4.69, 9.17) is 71.0 Å². The maximum atomic E-state index is 7.86. The molecular formula is HB17IN-. The van der Waals surface area contributed by atoms with E-state index in [9.17, 15) is 0 Å². The van der Waals surface area contributed by atoms with Gasteiger partial charge in [0.15, 0.2) is 0 Å². The summed E-state index contributed by atoms with van der Waals surface area (Å²) in [6.07, 6.45) is -5.66. The summed E-state index contributed by atoms with van der Waals surface area (Å²) in [6, 6.07) is 0. The van der Waals surface area contributed by atoms with Crippen molar-refractivity contribution in [1.29, 1.82) is 0 Å². The Kier molecular flexibility index (Phi) is 9.66. The molecule has 1 N–H and O–H groups in total. The number of hydrogen-bond acceptors (Lipinski definition) is 1. The van der Waals surface area contributed by atoms with Gasteiger partial charge in [-0.05, 0) is 21.9 Å². The molecule has 1 nitrogen and oxygen atoms in total. The molecule has 0 atom stereocenters. The molecular weight excluding hydrogens is 325 g/mol. The zero-order valence-corrected chi connectivity index (χ0v) is 12.8. The molecule has 0 fully saturated rings. The third-order valence-corrected chi connectivity index (χ3v) is 3.77. The van der Waals surface area contributed by atoms with Gasteiger partial charge in [0.2, 0.25) is 0 Å². The highest BCUT2D eigenvalue weighted by molar-refractivity contribution is 14.1. The third-order valence-electron chi connectivity index (χ3n) is 3.12. The Balaban J connectivity index is 5.59. The molecule has 0 aromatic heterocycles. The lowest BCUT2D eigenvalue weighted by molar-refractivity contribution is 1.79. The van der Waals surface area contributed by atoms with Crippen LogP contribution in [-0.2, 0) is 0 Å². The van der Waals surface area contributed by atoms with Gasteiger partial charge in [-0.25, -0.2) is 6.39 Å². The maximum Gasteiger partial charge on any atom is 0.129 e. The maximum absolute atomic E-state index is 7.86. The number of nitrogens with one attached hydrogen (secondary N) is 1. The van der Waals surface area contributed by atoms with Crippen LogP contribution < -0.4 is 3.43 Å². The highest BCUT2D eigenvalue weighted by Gasteiger charge is 2.41. The summed E-state index contributed by atoms with van der Waals surface area (Å²) < 4.78 is 8.92. The largest absolute Gasteiger partial charge is 0.687 e. The first-order valence-corrected chi connectivity index (χ1v) is 6.73.